The molecule has 1 aliphatic rings. The predicted molar refractivity (Wildman–Crippen MR) is 61.3 cm³/mol. The van der Waals surface area contributed by atoms with Gasteiger partial charge in [-0.3, -0.25) is 0 Å². The Bertz CT molecular complexity index is 509. The lowest BCUT2D eigenvalue weighted by Crippen LogP contribution is -2.38. The normalized spacial score (nSPS) is 16.4. The van der Waals surface area contributed by atoms with Crippen LogP contribution in [0.3, 0.4) is 0 Å². The second-order valence-corrected chi connectivity index (χ2v) is 6.09. The second-order valence-electron chi connectivity index (χ2n) is 3.53. The van der Waals surface area contributed by atoms with Gasteiger partial charge in [0.2, 0.25) is 0 Å². The first-order valence-electron chi connectivity index (χ1n) is 4.88. The summed E-state index contributed by atoms with van der Waals surface area (Å²) in [6, 6.07) is 4.23. The number of halogens is 1. The van der Waals surface area contributed by atoms with Crippen LogP contribution in [0.4, 0.5) is 0 Å². The van der Waals surface area contributed by atoms with Gasteiger partial charge in [-0.15, -0.1) is 0 Å². The van der Waals surface area contributed by atoms with E-state index in [-0.39, 0.29) is 11.0 Å². The van der Waals surface area contributed by atoms with E-state index in [0.717, 1.165) is 0 Å². The lowest BCUT2D eigenvalue weighted by Gasteiger charge is -2.27. The lowest BCUT2D eigenvalue weighted by atomic mass is 10.3. The summed E-state index contributed by atoms with van der Waals surface area (Å²) in [7, 11) is 2.91. The minimum Gasteiger partial charge on any atom is -0.493 e. The van der Waals surface area contributed by atoms with Crippen molar-refractivity contribution in [3.05, 3.63) is 18.2 Å². The molecule has 0 saturated carbocycles. The summed E-state index contributed by atoms with van der Waals surface area (Å²) in [5, 5.41) is 0. The standard InChI is InChI=1S/C10H11ClO5S/c1-14-10-4-8(17(11,12)13)2-3-9(10)16-7-5-15-6-7/h2-4,7H,5-6H2,1H3. The monoisotopic (exact) mass is 278 g/mol. The molecule has 0 bridgehead atoms. The molecule has 7 heteroatoms. The first-order valence-corrected chi connectivity index (χ1v) is 7.19. The molecule has 1 heterocycles. The summed E-state index contributed by atoms with van der Waals surface area (Å²) in [5.74, 6) is 0.809. The van der Waals surface area contributed by atoms with Crippen LogP contribution in [-0.2, 0) is 13.8 Å². The van der Waals surface area contributed by atoms with Gasteiger partial charge in [0.05, 0.1) is 25.2 Å². The Labute approximate surface area is 104 Å². The zero-order valence-electron chi connectivity index (χ0n) is 9.05. The molecule has 0 N–H and O–H groups in total. The molecule has 0 aliphatic carbocycles. The van der Waals surface area contributed by atoms with Gasteiger partial charge in [-0.25, -0.2) is 8.42 Å². The van der Waals surface area contributed by atoms with Crippen LogP contribution in [-0.4, -0.2) is 34.8 Å². The molecule has 5 nitrogen and oxygen atoms in total. The maximum atomic E-state index is 11.2. The SMILES string of the molecule is COc1cc(S(=O)(=O)Cl)ccc1OC1COC1. The van der Waals surface area contributed by atoms with E-state index in [4.69, 9.17) is 24.9 Å². The molecule has 1 aliphatic heterocycles. The van der Waals surface area contributed by atoms with Crippen molar-refractivity contribution in [3.63, 3.8) is 0 Å². The van der Waals surface area contributed by atoms with Crippen LogP contribution in [0.2, 0.25) is 0 Å². The fraction of sp³-hybridized carbons (Fsp3) is 0.400. The van der Waals surface area contributed by atoms with Crippen molar-refractivity contribution in [2.45, 2.75) is 11.0 Å². The van der Waals surface area contributed by atoms with Crippen LogP contribution in [0.5, 0.6) is 11.5 Å². The van der Waals surface area contributed by atoms with Gasteiger partial charge in [0.15, 0.2) is 11.5 Å². The smallest absolute Gasteiger partial charge is 0.261 e. The van der Waals surface area contributed by atoms with Crippen molar-refractivity contribution in [2.24, 2.45) is 0 Å². The average molecular weight is 279 g/mol. The average Bonchev–Trinajstić information content (AvgIpc) is 2.22. The van der Waals surface area contributed by atoms with E-state index in [1.807, 2.05) is 0 Å². The van der Waals surface area contributed by atoms with E-state index in [0.29, 0.717) is 24.7 Å². The summed E-state index contributed by atoms with van der Waals surface area (Å²) >= 11 is 0. The van der Waals surface area contributed by atoms with Crippen LogP contribution in [0, 0.1) is 0 Å². The molecular formula is C10H11ClO5S. The number of methoxy groups -OCH3 is 1. The highest BCUT2D eigenvalue weighted by Crippen LogP contribution is 2.32. The van der Waals surface area contributed by atoms with Crippen LogP contribution in [0.15, 0.2) is 23.1 Å². The summed E-state index contributed by atoms with van der Waals surface area (Å²) in [5.41, 5.74) is 0. The first-order chi connectivity index (χ1) is 8.00. The molecule has 1 aromatic rings. The van der Waals surface area contributed by atoms with E-state index in [9.17, 15) is 8.42 Å². The Balaban J connectivity index is 2.27. The Morgan fingerprint density at radius 1 is 1.35 bits per heavy atom. The molecule has 0 amide bonds. The van der Waals surface area contributed by atoms with Crippen molar-refractivity contribution in [1.29, 1.82) is 0 Å². The predicted octanol–water partition coefficient (Wildman–Crippen LogP) is 1.40. The molecular weight excluding hydrogens is 268 g/mol. The fourth-order valence-electron chi connectivity index (χ4n) is 1.36. The van der Waals surface area contributed by atoms with Gasteiger partial charge in [0.1, 0.15) is 6.10 Å². The summed E-state index contributed by atoms with van der Waals surface area (Å²) < 4.78 is 37.9. The highest BCUT2D eigenvalue weighted by molar-refractivity contribution is 8.13. The number of hydrogen-bond acceptors (Lipinski definition) is 5. The largest absolute Gasteiger partial charge is 0.493 e. The second kappa shape index (κ2) is 4.72. The first kappa shape index (κ1) is 12.5. The fourth-order valence-corrected chi connectivity index (χ4v) is 2.12. The van der Waals surface area contributed by atoms with Gasteiger partial charge in [-0.05, 0) is 12.1 Å². The zero-order chi connectivity index (χ0) is 12.5. The van der Waals surface area contributed by atoms with Gasteiger partial charge < -0.3 is 14.2 Å². The van der Waals surface area contributed by atoms with Crippen LogP contribution in [0.25, 0.3) is 0 Å². The molecule has 1 aromatic carbocycles. The summed E-state index contributed by atoms with van der Waals surface area (Å²) in [6.45, 7) is 1.05. The van der Waals surface area contributed by atoms with E-state index >= 15 is 0 Å². The summed E-state index contributed by atoms with van der Waals surface area (Å²) in [4.78, 5) is -0.0202. The van der Waals surface area contributed by atoms with Crippen molar-refractivity contribution in [1.82, 2.24) is 0 Å². The van der Waals surface area contributed by atoms with Gasteiger partial charge in [0.25, 0.3) is 9.05 Å². The van der Waals surface area contributed by atoms with Crippen LogP contribution in [0.1, 0.15) is 0 Å². The third kappa shape index (κ3) is 2.83. The molecule has 94 valence electrons. The topological polar surface area (TPSA) is 61.8 Å². The third-order valence-corrected chi connectivity index (χ3v) is 3.67. The van der Waals surface area contributed by atoms with Crippen molar-refractivity contribution < 1.29 is 22.6 Å². The van der Waals surface area contributed by atoms with Gasteiger partial charge >= 0.3 is 0 Å². The van der Waals surface area contributed by atoms with Gasteiger partial charge in [0, 0.05) is 16.7 Å². The van der Waals surface area contributed by atoms with Gasteiger partial charge in [-0.1, -0.05) is 0 Å². The quantitative estimate of drug-likeness (QED) is 0.779. The van der Waals surface area contributed by atoms with E-state index in [1.165, 1.54) is 25.3 Å². The van der Waals surface area contributed by atoms with Crippen molar-refractivity contribution in [2.75, 3.05) is 20.3 Å². The Morgan fingerprint density at radius 3 is 2.53 bits per heavy atom. The molecule has 1 saturated heterocycles. The molecule has 0 atom stereocenters. The van der Waals surface area contributed by atoms with E-state index in [1.54, 1.807) is 0 Å². The third-order valence-electron chi connectivity index (χ3n) is 2.32. The Kier molecular flexibility index (Phi) is 3.46. The maximum Gasteiger partial charge on any atom is 0.261 e. The van der Waals surface area contributed by atoms with E-state index in [2.05, 4.69) is 0 Å². The minimum absolute atomic E-state index is 0.0117. The van der Waals surface area contributed by atoms with Crippen molar-refractivity contribution >= 4 is 19.7 Å². The zero-order valence-corrected chi connectivity index (χ0v) is 10.6. The molecule has 1 fully saturated rings. The molecule has 0 radical (unpaired) electrons. The van der Waals surface area contributed by atoms with E-state index < -0.39 is 9.05 Å². The molecule has 17 heavy (non-hydrogen) atoms. The molecule has 0 aromatic heterocycles. The highest BCUT2D eigenvalue weighted by Gasteiger charge is 2.22. The lowest BCUT2D eigenvalue weighted by molar-refractivity contribution is -0.0803. The van der Waals surface area contributed by atoms with Crippen LogP contribution >= 0.6 is 10.7 Å². The molecule has 2 rings (SSSR count). The maximum absolute atomic E-state index is 11.2. The Hall–Kier alpha value is -0.980. The minimum atomic E-state index is -3.76. The number of rotatable bonds is 4. The number of benzene rings is 1. The Morgan fingerprint density at radius 2 is 2.06 bits per heavy atom. The number of hydrogen-bond donors (Lipinski definition) is 0. The highest BCUT2D eigenvalue weighted by atomic mass is 35.7. The molecule has 0 spiro atoms. The number of ether oxygens (including phenoxy) is 3. The van der Waals surface area contributed by atoms with Gasteiger partial charge in [-0.2, -0.15) is 0 Å². The summed E-state index contributed by atoms with van der Waals surface area (Å²) in [6.07, 6.45) is -0.0117. The van der Waals surface area contributed by atoms with Crippen molar-refractivity contribution in [3.8, 4) is 11.5 Å². The molecule has 0 unspecified atom stereocenters. The van der Waals surface area contributed by atoms with Crippen LogP contribution < -0.4 is 9.47 Å².